The van der Waals surface area contributed by atoms with Crippen LogP contribution in [-0.4, -0.2) is 40.9 Å². The van der Waals surface area contributed by atoms with Gasteiger partial charge >= 0.3 is 6.03 Å². The lowest BCUT2D eigenvalue weighted by molar-refractivity contribution is -0.133. The van der Waals surface area contributed by atoms with Gasteiger partial charge in [-0.25, -0.2) is 4.79 Å². The van der Waals surface area contributed by atoms with Crippen molar-refractivity contribution < 1.29 is 14.3 Å². The summed E-state index contributed by atoms with van der Waals surface area (Å²) in [5.74, 6) is 0.586. The monoisotopic (exact) mass is 519 g/mol. The first-order valence-corrected chi connectivity index (χ1v) is 14.1. The summed E-state index contributed by atoms with van der Waals surface area (Å²) < 4.78 is 5.71. The summed E-state index contributed by atoms with van der Waals surface area (Å²) in [6.07, 6.45) is 5.14. The molecular weight excluding hydrogens is 482 g/mol. The van der Waals surface area contributed by atoms with E-state index in [1.807, 2.05) is 66.4 Å². The molecule has 1 N–H and O–H groups in total. The number of para-hydroxylation sites is 2. The molecule has 3 aromatic rings. The van der Waals surface area contributed by atoms with Gasteiger partial charge in [0.15, 0.2) is 0 Å². The molecule has 1 saturated carbocycles. The second-order valence-corrected chi connectivity index (χ2v) is 10.5. The highest BCUT2D eigenvalue weighted by Gasteiger charge is 2.30. The molecule has 1 aliphatic rings. The molecular formula is C30H37N3O3S. The molecule has 1 aromatic heterocycles. The first-order valence-electron chi connectivity index (χ1n) is 13.2. The van der Waals surface area contributed by atoms with Gasteiger partial charge in [0.25, 0.3) is 0 Å². The fraction of sp³-hybridized carbons (Fsp3) is 0.400. The Bertz CT molecular complexity index is 1160. The summed E-state index contributed by atoms with van der Waals surface area (Å²) in [6, 6.07) is 19.4. The van der Waals surface area contributed by atoms with Crippen LogP contribution in [0.2, 0.25) is 0 Å². The number of hydrogen-bond acceptors (Lipinski definition) is 4. The molecule has 4 rings (SSSR count). The van der Waals surface area contributed by atoms with Gasteiger partial charge < -0.3 is 19.9 Å². The Hall–Kier alpha value is -3.32. The van der Waals surface area contributed by atoms with Gasteiger partial charge in [0, 0.05) is 17.5 Å². The summed E-state index contributed by atoms with van der Waals surface area (Å²) in [6.45, 7) is 5.59. The quantitative estimate of drug-likeness (QED) is 0.319. The molecule has 0 saturated heterocycles. The van der Waals surface area contributed by atoms with Crippen LogP contribution < -0.4 is 10.1 Å². The van der Waals surface area contributed by atoms with Gasteiger partial charge in [-0.3, -0.25) is 4.79 Å². The van der Waals surface area contributed by atoms with Gasteiger partial charge in [-0.2, -0.15) is 0 Å². The van der Waals surface area contributed by atoms with E-state index in [0.717, 1.165) is 31.2 Å². The average molecular weight is 520 g/mol. The zero-order valence-corrected chi connectivity index (χ0v) is 22.6. The third-order valence-corrected chi connectivity index (χ3v) is 7.89. The number of carbonyl (C=O) groups is 2. The van der Waals surface area contributed by atoms with Gasteiger partial charge in [0.2, 0.25) is 5.91 Å². The molecule has 0 bridgehead atoms. The smallest absolute Gasteiger partial charge is 0.322 e. The molecule has 196 valence electrons. The highest BCUT2D eigenvalue weighted by molar-refractivity contribution is 7.10. The topological polar surface area (TPSA) is 61.9 Å². The van der Waals surface area contributed by atoms with E-state index in [0.29, 0.717) is 31.1 Å². The van der Waals surface area contributed by atoms with E-state index in [4.69, 9.17) is 4.74 Å². The van der Waals surface area contributed by atoms with Crippen molar-refractivity contribution in [3.63, 3.8) is 0 Å². The van der Waals surface area contributed by atoms with Crippen LogP contribution >= 0.6 is 11.3 Å². The second kappa shape index (κ2) is 13.3. The van der Waals surface area contributed by atoms with Crippen LogP contribution in [0.3, 0.4) is 0 Å². The fourth-order valence-electron chi connectivity index (χ4n) is 4.82. The van der Waals surface area contributed by atoms with E-state index in [2.05, 4.69) is 23.7 Å². The van der Waals surface area contributed by atoms with Crippen LogP contribution in [0.4, 0.5) is 10.5 Å². The number of rotatable bonds is 10. The predicted octanol–water partition coefficient (Wildman–Crippen LogP) is 6.85. The van der Waals surface area contributed by atoms with Gasteiger partial charge in [-0.05, 0) is 61.4 Å². The summed E-state index contributed by atoms with van der Waals surface area (Å²) in [7, 11) is 0. The van der Waals surface area contributed by atoms with E-state index in [1.165, 1.54) is 16.9 Å². The number of aryl methyl sites for hydroxylation is 1. The van der Waals surface area contributed by atoms with Crippen molar-refractivity contribution in [3.05, 3.63) is 82.0 Å². The first kappa shape index (κ1) is 26.7. The van der Waals surface area contributed by atoms with Crippen LogP contribution in [0.1, 0.15) is 55.0 Å². The maximum absolute atomic E-state index is 13.8. The summed E-state index contributed by atoms with van der Waals surface area (Å²) in [5, 5.41) is 5.10. The zero-order valence-electron chi connectivity index (χ0n) is 21.8. The van der Waals surface area contributed by atoms with Crippen LogP contribution in [-0.2, 0) is 17.9 Å². The number of hydrogen-bond donors (Lipinski definition) is 1. The van der Waals surface area contributed by atoms with Crippen LogP contribution in [0.15, 0.2) is 66.0 Å². The van der Waals surface area contributed by atoms with Crippen molar-refractivity contribution >= 4 is 29.0 Å². The Kier molecular flexibility index (Phi) is 9.60. The number of amides is 3. The van der Waals surface area contributed by atoms with E-state index < -0.39 is 0 Å². The van der Waals surface area contributed by atoms with E-state index >= 15 is 0 Å². The van der Waals surface area contributed by atoms with Crippen molar-refractivity contribution in [2.24, 2.45) is 0 Å². The third-order valence-electron chi connectivity index (χ3n) is 6.88. The van der Waals surface area contributed by atoms with E-state index in [1.54, 1.807) is 16.2 Å². The zero-order chi connectivity index (χ0) is 26.0. The number of urea groups is 1. The summed E-state index contributed by atoms with van der Waals surface area (Å²) >= 11 is 1.67. The minimum Gasteiger partial charge on any atom is -0.492 e. The van der Waals surface area contributed by atoms with Crippen LogP contribution in [0, 0.1) is 6.92 Å². The molecule has 1 heterocycles. The Morgan fingerprint density at radius 3 is 2.41 bits per heavy atom. The number of carbonyl (C=O) groups excluding carboxylic acids is 2. The van der Waals surface area contributed by atoms with Crippen molar-refractivity contribution in [1.82, 2.24) is 9.80 Å². The van der Waals surface area contributed by atoms with E-state index in [-0.39, 0.29) is 24.5 Å². The Morgan fingerprint density at radius 2 is 1.70 bits per heavy atom. The standard InChI is InChI=1S/C30H37N3O3S/c1-3-36-27-17-11-10-16-26(27)31-30(35)33(25-14-8-5-9-15-25)22-29(34)32(20-24-12-6-4-7-13-24)21-28-23(2)18-19-37-28/h4,6-7,10-13,16-19,25H,3,5,8-9,14-15,20-22H2,1-2H3,(H,31,35). The molecule has 0 spiro atoms. The number of anilines is 1. The van der Waals surface area contributed by atoms with Crippen LogP contribution in [0.5, 0.6) is 5.75 Å². The molecule has 0 unspecified atom stereocenters. The Labute approximate surface area is 224 Å². The Balaban J connectivity index is 1.56. The molecule has 1 aliphatic carbocycles. The van der Waals surface area contributed by atoms with Crippen molar-refractivity contribution in [2.45, 2.75) is 65.1 Å². The third kappa shape index (κ3) is 7.35. The SMILES string of the molecule is CCOc1ccccc1NC(=O)N(CC(=O)N(Cc1ccccc1)Cc1sccc1C)C1CCCCC1. The predicted molar refractivity (Wildman–Crippen MR) is 150 cm³/mol. The minimum absolute atomic E-state index is 0.0407. The summed E-state index contributed by atoms with van der Waals surface area (Å²) in [5.41, 5.74) is 2.88. The number of nitrogens with one attached hydrogen (secondary N) is 1. The van der Waals surface area contributed by atoms with Crippen molar-refractivity contribution in [1.29, 1.82) is 0 Å². The molecule has 6 nitrogen and oxygen atoms in total. The first-order chi connectivity index (χ1) is 18.0. The van der Waals surface area contributed by atoms with Crippen LogP contribution in [0.25, 0.3) is 0 Å². The number of benzene rings is 2. The molecule has 1 fully saturated rings. The van der Waals surface area contributed by atoms with Crippen molar-refractivity contribution in [2.75, 3.05) is 18.5 Å². The molecule has 0 atom stereocenters. The lowest BCUT2D eigenvalue weighted by Gasteiger charge is -2.35. The molecule has 0 aliphatic heterocycles. The highest BCUT2D eigenvalue weighted by Crippen LogP contribution is 2.27. The lowest BCUT2D eigenvalue weighted by Crippen LogP contribution is -2.49. The molecule has 3 amide bonds. The second-order valence-electron chi connectivity index (χ2n) is 9.54. The van der Waals surface area contributed by atoms with Gasteiger partial charge in [-0.15, -0.1) is 11.3 Å². The maximum atomic E-state index is 13.8. The van der Waals surface area contributed by atoms with Gasteiger partial charge in [0.05, 0.1) is 18.8 Å². The largest absolute Gasteiger partial charge is 0.492 e. The van der Waals surface area contributed by atoms with E-state index in [9.17, 15) is 9.59 Å². The number of ether oxygens (including phenoxy) is 1. The number of nitrogens with zero attached hydrogens (tertiary/aromatic N) is 2. The van der Waals surface area contributed by atoms with Gasteiger partial charge in [0.1, 0.15) is 12.3 Å². The molecule has 2 aromatic carbocycles. The van der Waals surface area contributed by atoms with Gasteiger partial charge in [-0.1, -0.05) is 61.7 Å². The lowest BCUT2D eigenvalue weighted by atomic mass is 9.94. The maximum Gasteiger partial charge on any atom is 0.322 e. The van der Waals surface area contributed by atoms with Crippen molar-refractivity contribution in [3.8, 4) is 5.75 Å². The fourth-order valence-corrected chi connectivity index (χ4v) is 5.74. The summed E-state index contributed by atoms with van der Waals surface area (Å²) in [4.78, 5) is 32.3. The number of thiophene rings is 1. The normalized spacial score (nSPS) is 13.7. The average Bonchev–Trinajstić information content (AvgIpc) is 3.33. The highest BCUT2D eigenvalue weighted by atomic mass is 32.1. The minimum atomic E-state index is -0.251. The Morgan fingerprint density at radius 1 is 0.973 bits per heavy atom. The molecule has 37 heavy (non-hydrogen) atoms. The molecule has 7 heteroatoms. The molecule has 0 radical (unpaired) electrons.